The third-order valence-electron chi connectivity index (χ3n) is 49.8. The lowest BCUT2D eigenvalue weighted by Gasteiger charge is -2.85. The van der Waals surface area contributed by atoms with Crippen LogP contribution >= 0.6 is 0 Å². The zero-order valence-corrected chi connectivity index (χ0v) is 60.8. The third-order valence-corrected chi connectivity index (χ3v) is 49.8. The Morgan fingerprint density at radius 3 is 0.254 bits per heavy atom. The number of hydrogen-bond donors (Lipinski definition) is 0. The van der Waals surface area contributed by atoms with E-state index in [1.165, 1.54) is 0 Å². The smallest absolute Gasteiger partial charge is 0.134 e. The fraction of sp³-hybridized carbons (Fsp3) is 0.0667. The highest BCUT2D eigenvalue weighted by Crippen LogP contribution is 3.14. The second-order valence-corrected chi connectivity index (χ2v) is 47.9. The first-order chi connectivity index (χ1) is 60.9. The SMILES string of the molecule is O1C23c4c5c6c7c8c9c%10c%11c%12c%13c(c%14c2c2c%15c4c6c4c6c%15c%15c2c2c%14c%14c%13c%13c%12c%12c%10c%10c8c8c7c4c4c6c6c%15c7c2c%14c2c%13c%13c%12c%10c%10c8c4c4c%10c%13c2c7c64)C32C34c6c7c8c%10c%12c%13c(c%14c%15c%16c%17c%18c%19c(c%20c6c6c%21c7c7c%10c%10c%12c%12c(c%13%15)c%13c%16c%15c%17c%16c%19c%17c%20c6c6c%19c%21c7c7c%10c%10c%12c%13c%12c%15c%13c%16c%17c6c6c%19c7c%10c%12c%136)C36C%14%18OC59C%1126)C184. The van der Waals surface area contributed by atoms with Crippen LogP contribution in [0.4, 0.5) is 0 Å². The van der Waals surface area contributed by atoms with Crippen LogP contribution in [0.2, 0.25) is 0 Å². The molecule has 4 atom stereocenters. The first-order valence-corrected chi connectivity index (χ1v) is 46.3. The molecule has 2 heteroatoms. The second kappa shape index (κ2) is 8.56. The molecule has 0 N–H and O–H groups in total. The largest absolute Gasteiger partial charge is 0.347 e. The minimum atomic E-state index is -0.979. The Hall–Kier alpha value is -14.6. The maximum Gasteiger partial charge on any atom is 0.134 e. The molecular formula is C120O2. The summed E-state index contributed by atoms with van der Waals surface area (Å²) in [6, 6.07) is 0. The van der Waals surface area contributed by atoms with Gasteiger partial charge in [0.25, 0.3) is 0 Å². The normalized spacial score (nSPS) is 29.5. The Morgan fingerprint density at radius 2 is 0.139 bits per heavy atom. The minimum Gasteiger partial charge on any atom is -0.347 e. The maximum absolute atomic E-state index is 11.4. The Bertz CT molecular complexity index is 14100. The van der Waals surface area contributed by atoms with Crippen molar-refractivity contribution in [1.82, 2.24) is 0 Å². The van der Waals surface area contributed by atoms with E-state index >= 15 is 0 Å². The highest BCUT2D eigenvalue weighted by atomic mass is 16.6. The van der Waals surface area contributed by atoms with Crippen molar-refractivity contribution in [3.8, 4) is 0 Å². The molecule has 67 rings (SSSR count). The van der Waals surface area contributed by atoms with Crippen LogP contribution in [0.25, 0.3) is 539 Å². The zero-order valence-electron chi connectivity index (χ0n) is 60.8. The van der Waals surface area contributed by atoms with Crippen LogP contribution < -0.4 is 0 Å². The molecule has 2 nitrogen and oxygen atoms in total. The van der Waals surface area contributed by atoms with Gasteiger partial charge >= 0.3 is 0 Å². The second-order valence-electron chi connectivity index (χ2n) is 47.9. The van der Waals surface area contributed by atoms with Crippen LogP contribution in [0.3, 0.4) is 0 Å². The quantitative estimate of drug-likeness (QED) is 0.141. The summed E-state index contributed by atoms with van der Waals surface area (Å²) in [6.07, 6.45) is 0. The van der Waals surface area contributed by atoms with E-state index in [1.807, 2.05) is 22.3 Å². The van der Waals surface area contributed by atoms with Crippen molar-refractivity contribution in [2.75, 3.05) is 0 Å². The van der Waals surface area contributed by atoms with Gasteiger partial charge in [0, 0.05) is 44.5 Å². The molecule has 0 bridgehead atoms. The summed E-state index contributed by atoms with van der Waals surface area (Å²) in [5, 5.41) is 167. The summed E-state index contributed by atoms with van der Waals surface area (Å²) < 4.78 is 22.8. The molecule has 0 radical (unpaired) electrons. The predicted molar refractivity (Wildman–Crippen MR) is 499 cm³/mol. The first kappa shape index (κ1) is 41.4. The van der Waals surface area contributed by atoms with Crippen molar-refractivity contribution in [3.05, 3.63) is 66.8 Å². The van der Waals surface area contributed by atoms with Gasteiger partial charge in [-0.2, -0.15) is 0 Å². The lowest BCUT2D eigenvalue weighted by atomic mass is 9.10. The molecule has 492 valence electrons. The summed E-state index contributed by atoms with van der Waals surface area (Å²) in [5.74, 6) is 0. The molecule has 13 aliphatic carbocycles. The Balaban J connectivity index is 0.815. The van der Waals surface area contributed by atoms with Crippen LogP contribution in [0, 0.1) is 0 Å². The van der Waals surface area contributed by atoms with Crippen molar-refractivity contribution >= 4 is 539 Å². The van der Waals surface area contributed by atoms with Gasteiger partial charge in [-0.1, -0.05) is 0 Å². The lowest BCUT2D eigenvalue weighted by molar-refractivity contribution is -0.185. The third kappa shape index (κ3) is 1.84. The maximum atomic E-state index is 11.4. The summed E-state index contributed by atoms with van der Waals surface area (Å²) in [4.78, 5) is 0. The average Bonchev–Trinajstić information content (AvgIpc) is 1.31. The van der Waals surface area contributed by atoms with Gasteiger partial charge in [0.2, 0.25) is 0 Å². The Morgan fingerprint density at radius 1 is 0.0656 bits per heavy atom. The van der Waals surface area contributed by atoms with E-state index in [9.17, 15) is 9.47 Å². The number of hydrogen-bond acceptors (Lipinski definition) is 2. The van der Waals surface area contributed by atoms with Gasteiger partial charge in [0.05, 0.1) is 21.7 Å². The molecule has 52 aromatic carbocycles. The summed E-state index contributed by atoms with van der Waals surface area (Å²) >= 11 is 0. The predicted octanol–water partition coefficient (Wildman–Crippen LogP) is 30.3. The summed E-state index contributed by atoms with van der Waals surface area (Å²) in [6.45, 7) is 0. The van der Waals surface area contributed by atoms with Crippen molar-refractivity contribution < 1.29 is 9.47 Å². The zero-order chi connectivity index (χ0) is 70.1. The van der Waals surface area contributed by atoms with E-state index in [0.717, 1.165) is 0 Å². The molecule has 15 aliphatic rings. The van der Waals surface area contributed by atoms with Crippen molar-refractivity contribution in [3.63, 3.8) is 0 Å². The molecule has 2 saturated heterocycles. The highest BCUT2D eigenvalue weighted by molar-refractivity contribution is 6.86. The van der Waals surface area contributed by atoms with Crippen molar-refractivity contribution in [2.24, 2.45) is 0 Å². The fourth-order valence-corrected chi connectivity index (χ4v) is 51.9. The van der Waals surface area contributed by atoms with Gasteiger partial charge in [-0.25, -0.2) is 0 Å². The van der Waals surface area contributed by atoms with Crippen LogP contribution in [-0.4, -0.2) is 0 Å². The van der Waals surface area contributed by atoms with Crippen LogP contribution in [-0.2, 0) is 53.5 Å². The Kier molecular flexibility index (Phi) is 2.90. The molecule has 2 aliphatic heterocycles. The van der Waals surface area contributed by atoms with E-state index in [0.29, 0.717) is 0 Å². The molecule has 1 saturated carbocycles. The van der Waals surface area contributed by atoms with Crippen LogP contribution in [0.1, 0.15) is 66.8 Å². The molecule has 52 aromatic rings. The van der Waals surface area contributed by atoms with Gasteiger partial charge in [-0.05, 0) is 561 Å². The topological polar surface area (TPSA) is 18.5 Å². The van der Waals surface area contributed by atoms with E-state index in [2.05, 4.69) is 0 Å². The van der Waals surface area contributed by atoms with E-state index in [1.54, 1.807) is 583 Å². The molecule has 3 fully saturated rings. The van der Waals surface area contributed by atoms with Gasteiger partial charge in [0.15, 0.2) is 0 Å². The van der Waals surface area contributed by atoms with Gasteiger partial charge in [-0.3, -0.25) is 0 Å². The molecule has 8 spiro atoms. The van der Waals surface area contributed by atoms with Gasteiger partial charge in [0.1, 0.15) is 22.4 Å². The van der Waals surface area contributed by atoms with Gasteiger partial charge < -0.3 is 9.47 Å². The molecule has 4 unspecified atom stereocenters. The Labute approximate surface area is 654 Å². The van der Waals surface area contributed by atoms with E-state index < -0.39 is 44.1 Å². The average molecular weight is 1470 g/mol. The molecular weight excluding hydrogens is 1470 g/mol. The molecule has 2 heterocycles. The number of rotatable bonds is 0. The van der Waals surface area contributed by atoms with Crippen LogP contribution in [0.5, 0.6) is 0 Å². The summed E-state index contributed by atoms with van der Waals surface area (Å²) in [5.41, 5.74) is 13.7. The first-order valence-electron chi connectivity index (χ1n) is 46.3. The lowest BCUT2D eigenvalue weighted by Crippen LogP contribution is -2.96. The monoisotopic (exact) mass is 1470 g/mol. The van der Waals surface area contributed by atoms with Crippen molar-refractivity contribution in [1.29, 1.82) is 0 Å². The molecule has 0 amide bonds. The standard InChI is InChI=1S/C120O2/c121-113-101-85-67-47-29-13-1-2-6-10-9-5(1)21(29)35-39-25(9)33-26(10)40-36-22(6)30-14(2)18-17(13)43-51-44(18)54-48(30)68-60(36)76-64(40)72-57(33)71-63(39)75(59(35)67)97(101)105-93(71)94(72)106-98(76)102-86(68)80(54)90-83(51)89(79(85)53(43)47)109(113)110(90)114(102)118(106)117(105,113)119-107-95-73-58-34-27-11-7-3-4-8-12(11)28(34)42-38-24(8)32-16(4)20-19-15(3)31-23(7)37-41(27)65(73)77-61(37)69-49(31)55-45(19)52-46(20)56-50(32)70-62(38)78-66(42)74(58)96(95)108-100(78)104-88(70)82(56)92-84(52)91-81(55)87(69)103(99(77)107)115(119,121)111(91)112(92)116(104,122-114)120(108,118)119. The van der Waals surface area contributed by atoms with Crippen LogP contribution in [0.15, 0.2) is 0 Å². The van der Waals surface area contributed by atoms with E-state index in [4.69, 9.17) is 0 Å². The molecule has 0 aromatic heterocycles. The van der Waals surface area contributed by atoms with Crippen molar-refractivity contribution in [2.45, 2.75) is 44.1 Å². The van der Waals surface area contributed by atoms with E-state index in [-0.39, 0.29) is 0 Å². The van der Waals surface area contributed by atoms with Gasteiger partial charge in [-0.15, -0.1) is 0 Å². The number of ether oxygens (including phenoxy) is 2. The molecule has 122 heavy (non-hydrogen) atoms. The highest BCUT2D eigenvalue weighted by Gasteiger charge is 3.17. The minimum absolute atomic E-state index is 0.757. The number of benzene rings is 32. The summed E-state index contributed by atoms with van der Waals surface area (Å²) in [7, 11) is 0. The fourth-order valence-electron chi connectivity index (χ4n) is 51.9.